The number of carboxylic acid groups (broad SMARTS) is 1. The first-order valence-corrected chi connectivity index (χ1v) is 8.08. The normalized spacial score (nSPS) is 15.8. The summed E-state index contributed by atoms with van der Waals surface area (Å²) in [4.78, 5) is 19.0. The van der Waals surface area contributed by atoms with Crippen LogP contribution in [0.15, 0.2) is 24.3 Å². The van der Waals surface area contributed by atoms with Crippen molar-refractivity contribution in [3.63, 3.8) is 0 Å². The number of hydrogen-bond donors (Lipinski definition) is 1. The Hall–Kier alpha value is -2.00. The van der Waals surface area contributed by atoms with Crippen LogP contribution in [0.5, 0.6) is 0 Å². The number of carbonyl (C=O) groups is 1. The average Bonchev–Trinajstić information content (AvgIpc) is 2.46. The highest BCUT2D eigenvalue weighted by atomic mass is 32.2. The molecule has 8 nitrogen and oxygen atoms in total. The van der Waals surface area contributed by atoms with E-state index in [2.05, 4.69) is 0 Å². The molecule has 22 heavy (non-hydrogen) atoms. The maximum Gasteiger partial charge on any atom is 0.351 e. The maximum atomic E-state index is 12.0. The van der Waals surface area contributed by atoms with Gasteiger partial charge in [0, 0.05) is 12.1 Å². The van der Waals surface area contributed by atoms with Crippen LogP contribution in [0, 0.1) is 10.1 Å². The molecule has 9 heteroatoms. The van der Waals surface area contributed by atoms with Crippen molar-refractivity contribution in [2.24, 2.45) is 0 Å². The van der Waals surface area contributed by atoms with Gasteiger partial charge < -0.3 is 9.84 Å². The van der Waals surface area contributed by atoms with Crippen LogP contribution in [0.1, 0.15) is 32.4 Å². The molecule has 0 amide bonds. The highest BCUT2D eigenvalue weighted by Gasteiger charge is 2.48. The quantitative estimate of drug-likeness (QED) is 0.597. The molecule has 1 aromatic carbocycles. The fourth-order valence-corrected chi connectivity index (χ4v) is 2.91. The van der Waals surface area contributed by atoms with Crippen molar-refractivity contribution >= 4 is 21.5 Å². The van der Waals surface area contributed by atoms with Gasteiger partial charge >= 0.3 is 5.97 Å². The maximum absolute atomic E-state index is 12.0. The summed E-state index contributed by atoms with van der Waals surface area (Å²) in [6.45, 7) is 3.79. The Balaban J connectivity index is 3.09. The molecule has 0 saturated carbocycles. The van der Waals surface area contributed by atoms with Crippen LogP contribution in [0.4, 0.5) is 5.69 Å². The number of carboxylic acids is 1. The van der Waals surface area contributed by atoms with Gasteiger partial charge in [-0.05, 0) is 31.5 Å². The third kappa shape index (κ3) is 3.42. The van der Waals surface area contributed by atoms with E-state index in [0.717, 1.165) is 6.92 Å². The van der Waals surface area contributed by atoms with Gasteiger partial charge in [-0.3, -0.25) is 10.1 Å². The van der Waals surface area contributed by atoms with Gasteiger partial charge in [0.25, 0.3) is 10.6 Å². The van der Waals surface area contributed by atoms with E-state index in [4.69, 9.17) is 4.74 Å². The van der Waals surface area contributed by atoms with E-state index in [9.17, 15) is 28.4 Å². The molecule has 0 aliphatic carbocycles. The van der Waals surface area contributed by atoms with Crippen molar-refractivity contribution in [2.75, 3.05) is 5.75 Å². The molecule has 0 aliphatic heterocycles. The zero-order valence-corrected chi connectivity index (χ0v) is 13.2. The summed E-state index contributed by atoms with van der Waals surface area (Å²) in [5, 5.41) is 19.8. The Morgan fingerprint density at radius 2 is 1.91 bits per heavy atom. The molecule has 1 rings (SSSR count). The van der Waals surface area contributed by atoms with Gasteiger partial charge in [0.2, 0.25) is 0 Å². The highest BCUT2D eigenvalue weighted by Crippen LogP contribution is 2.29. The van der Waals surface area contributed by atoms with Gasteiger partial charge in [-0.15, -0.1) is 0 Å². The Morgan fingerprint density at radius 3 is 2.27 bits per heavy atom. The number of nitro groups is 1. The van der Waals surface area contributed by atoms with Gasteiger partial charge in [0.05, 0.1) is 16.8 Å². The highest BCUT2D eigenvalue weighted by molar-refractivity contribution is 7.93. The van der Waals surface area contributed by atoms with E-state index < -0.39 is 31.8 Å². The molecule has 2 atom stereocenters. The van der Waals surface area contributed by atoms with Gasteiger partial charge in [-0.1, -0.05) is 6.92 Å². The lowest BCUT2D eigenvalue weighted by Crippen LogP contribution is -2.47. The molecule has 0 heterocycles. The van der Waals surface area contributed by atoms with Crippen LogP contribution in [0.3, 0.4) is 0 Å². The van der Waals surface area contributed by atoms with E-state index in [-0.39, 0.29) is 11.4 Å². The number of aliphatic carboxylic acids is 1. The van der Waals surface area contributed by atoms with Gasteiger partial charge in [0.15, 0.2) is 9.84 Å². The number of nitro benzene ring substituents is 1. The van der Waals surface area contributed by atoms with Crippen LogP contribution >= 0.6 is 0 Å². The monoisotopic (exact) mass is 331 g/mol. The molecule has 0 bridgehead atoms. The second-order valence-corrected chi connectivity index (χ2v) is 7.35. The smallest absolute Gasteiger partial charge is 0.351 e. The van der Waals surface area contributed by atoms with E-state index in [1.54, 1.807) is 0 Å². The minimum absolute atomic E-state index is 0.127. The lowest BCUT2D eigenvalue weighted by Gasteiger charge is -2.28. The van der Waals surface area contributed by atoms with Crippen molar-refractivity contribution in [3.05, 3.63) is 39.9 Å². The summed E-state index contributed by atoms with van der Waals surface area (Å²) in [5.41, 5.74) is 0.308. The SMILES string of the molecule is CCS(=O)(=O)C(C)(OC(C)c1ccc([N+](=O)[O-])cc1)C(=O)O. The molecular weight excluding hydrogens is 314 g/mol. The molecule has 0 fully saturated rings. The first kappa shape index (κ1) is 18.1. The molecule has 0 radical (unpaired) electrons. The Labute approximate surface area is 127 Å². The van der Waals surface area contributed by atoms with Crippen LogP contribution in [0.2, 0.25) is 0 Å². The molecule has 0 saturated heterocycles. The Morgan fingerprint density at radius 1 is 1.41 bits per heavy atom. The number of ether oxygens (including phenoxy) is 1. The second-order valence-electron chi connectivity index (χ2n) is 4.76. The molecule has 1 aromatic rings. The lowest BCUT2D eigenvalue weighted by atomic mass is 10.1. The summed E-state index contributed by atoms with van der Waals surface area (Å²) in [7, 11) is -4.01. The number of sulfone groups is 1. The van der Waals surface area contributed by atoms with Crippen molar-refractivity contribution in [1.82, 2.24) is 0 Å². The van der Waals surface area contributed by atoms with Crippen LogP contribution in [0.25, 0.3) is 0 Å². The van der Waals surface area contributed by atoms with Crippen LogP contribution < -0.4 is 0 Å². The zero-order chi connectivity index (χ0) is 17.1. The molecular formula is C13H17NO7S. The first-order valence-electron chi connectivity index (χ1n) is 6.43. The number of non-ortho nitro benzene ring substituents is 1. The standard InChI is InChI=1S/C13H17NO7S/c1-4-22(19,20)13(3,12(15)16)21-9(2)10-5-7-11(8-6-10)14(17)18/h5-9H,4H2,1-3H3,(H,15,16). The largest absolute Gasteiger partial charge is 0.478 e. The minimum Gasteiger partial charge on any atom is -0.478 e. The van der Waals surface area contributed by atoms with Crippen molar-refractivity contribution in [2.45, 2.75) is 31.8 Å². The lowest BCUT2D eigenvalue weighted by molar-refractivity contribution is -0.384. The average molecular weight is 331 g/mol. The summed E-state index contributed by atoms with van der Waals surface area (Å²) < 4.78 is 29.2. The van der Waals surface area contributed by atoms with Crippen LogP contribution in [-0.2, 0) is 19.4 Å². The minimum atomic E-state index is -4.01. The molecule has 0 aromatic heterocycles. The molecule has 0 aliphatic rings. The predicted octanol–water partition coefficient (Wildman–Crippen LogP) is 1.91. The topological polar surface area (TPSA) is 124 Å². The number of rotatable bonds is 7. The van der Waals surface area contributed by atoms with Crippen molar-refractivity contribution < 1.29 is 28.0 Å². The molecule has 2 unspecified atom stereocenters. The fourth-order valence-electron chi connectivity index (χ4n) is 1.80. The Bertz CT molecular complexity index is 668. The third-order valence-electron chi connectivity index (χ3n) is 3.34. The third-order valence-corrected chi connectivity index (χ3v) is 5.55. The van der Waals surface area contributed by atoms with E-state index in [1.165, 1.54) is 38.1 Å². The first-order chi connectivity index (χ1) is 10.0. The second kappa shape index (κ2) is 6.41. The Kier molecular flexibility index (Phi) is 5.26. The van der Waals surface area contributed by atoms with E-state index >= 15 is 0 Å². The van der Waals surface area contributed by atoms with Gasteiger partial charge in [-0.25, -0.2) is 13.2 Å². The number of hydrogen-bond acceptors (Lipinski definition) is 6. The predicted molar refractivity (Wildman–Crippen MR) is 78.1 cm³/mol. The molecule has 1 N–H and O–H groups in total. The van der Waals surface area contributed by atoms with Crippen LogP contribution in [-0.4, -0.2) is 35.1 Å². The summed E-state index contributed by atoms with van der Waals surface area (Å²) in [5.74, 6) is -1.99. The van der Waals surface area contributed by atoms with Crippen molar-refractivity contribution in [1.29, 1.82) is 0 Å². The van der Waals surface area contributed by atoms with E-state index in [1.807, 2.05) is 0 Å². The fraction of sp³-hybridized carbons (Fsp3) is 0.462. The molecule has 122 valence electrons. The van der Waals surface area contributed by atoms with E-state index in [0.29, 0.717) is 5.56 Å². The zero-order valence-electron chi connectivity index (χ0n) is 12.3. The van der Waals surface area contributed by atoms with Crippen molar-refractivity contribution in [3.8, 4) is 0 Å². The molecule has 0 spiro atoms. The summed E-state index contributed by atoms with van der Waals surface area (Å²) in [6, 6.07) is 5.26. The summed E-state index contributed by atoms with van der Waals surface area (Å²) >= 11 is 0. The number of nitrogens with zero attached hydrogens (tertiary/aromatic N) is 1. The number of benzene rings is 1. The van der Waals surface area contributed by atoms with Gasteiger partial charge in [0.1, 0.15) is 0 Å². The summed E-state index contributed by atoms with van der Waals surface area (Å²) in [6.07, 6.45) is -0.872. The van der Waals surface area contributed by atoms with Gasteiger partial charge in [-0.2, -0.15) is 0 Å².